The molecule has 1 fully saturated rings. The van der Waals surface area contributed by atoms with Crippen molar-refractivity contribution < 1.29 is 5.11 Å². The van der Waals surface area contributed by atoms with Gasteiger partial charge in [0.25, 0.3) is 0 Å². The lowest BCUT2D eigenvalue weighted by molar-refractivity contribution is 0.394. The maximum absolute atomic E-state index is 9.25. The average Bonchev–Trinajstić information content (AvgIpc) is 2.56. The van der Waals surface area contributed by atoms with Crippen molar-refractivity contribution in [2.24, 2.45) is 5.92 Å². The van der Waals surface area contributed by atoms with Crippen LogP contribution >= 0.6 is 0 Å². The Morgan fingerprint density at radius 3 is 2.93 bits per heavy atom. The normalized spacial score (nSPS) is 22.1. The van der Waals surface area contributed by atoms with Crippen molar-refractivity contribution in [1.29, 1.82) is 0 Å². The van der Waals surface area contributed by atoms with Gasteiger partial charge in [-0.05, 0) is 44.0 Å². The van der Waals surface area contributed by atoms with E-state index in [0.717, 1.165) is 18.5 Å². The highest BCUT2D eigenvalue weighted by Crippen LogP contribution is 2.25. The highest BCUT2D eigenvalue weighted by Gasteiger charge is 2.20. The first-order chi connectivity index (χ1) is 7.15. The molecule has 1 atom stereocenters. The van der Waals surface area contributed by atoms with Crippen molar-refractivity contribution in [3.05, 3.63) is 23.8 Å². The van der Waals surface area contributed by atoms with Gasteiger partial charge >= 0.3 is 0 Å². The van der Waals surface area contributed by atoms with Crippen molar-refractivity contribution in [2.45, 2.75) is 12.8 Å². The number of nitrogen functional groups attached to an aromatic ring is 1. The van der Waals surface area contributed by atoms with E-state index >= 15 is 0 Å². The first-order valence-corrected chi connectivity index (χ1v) is 5.41. The van der Waals surface area contributed by atoms with E-state index in [0.29, 0.717) is 11.6 Å². The van der Waals surface area contributed by atoms with Gasteiger partial charge in [0.1, 0.15) is 5.75 Å². The Kier molecular flexibility index (Phi) is 2.82. The van der Waals surface area contributed by atoms with E-state index in [4.69, 9.17) is 5.73 Å². The van der Waals surface area contributed by atoms with Gasteiger partial charge in [0.05, 0.1) is 0 Å². The molecular formula is C12H18N2O. The van der Waals surface area contributed by atoms with E-state index in [9.17, 15) is 5.11 Å². The minimum absolute atomic E-state index is 0.250. The van der Waals surface area contributed by atoms with Gasteiger partial charge in [-0.3, -0.25) is 0 Å². The molecule has 0 radical (unpaired) electrons. The monoisotopic (exact) mass is 206 g/mol. The van der Waals surface area contributed by atoms with E-state index < -0.39 is 0 Å². The summed E-state index contributed by atoms with van der Waals surface area (Å²) in [7, 11) is 2.15. The van der Waals surface area contributed by atoms with Crippen LogP contribution in [0.4, 0.5) is 5.69 Å². The zero-order valence-corrected chi connectivity index (χ0v) is 9.11. The predicted octanol–water partition coefficient (Wildman–Crippen LogP) is 1.47. The summed E-state index contributed by atoms with van der Waals surface area (Å²) in [6.07, 6.45) is 2.27. The molecule has 1 aromatic carbocycles. The van der Waals surface area contributed by atoms with Gasteiger partial charge in [-0.25, -0.2) is 0 Å². The third-order valence-corrected chi connectivity index (χ3v) is 3.13. The molecule has 3 N–H and O–H groups in total. The minimum atomic E-state index is 0.250. The molecule has 15 heavy (non-hydrogen) atoms. The summed E-state index contributed by atoms with van der Waals surface area (Å²) in [6.45, 7) is 2.34. The molecule has 0 aliphatic carbocycles. The van der Waals surface area contributed by atoms with Crippen LogP contribution in [0.3, 0.4) is 0 Å². The van der Waals surface area contributed by atoms with Crippen LogP contribution < -0.4 is 5.73 Å². The standard InChI is InChI=1S/C12H18N2O/c1-14-5-4-9(8-14)6-10-2-3-11(15)7-12(10)13/h2-3,7,9,15H,4-6,8,13H2,1H3. The fraction of sp³-hybridized carbons (Fsp3) is 0.500. The SMILES string of the molecule is CN1CCC(Cc2ccc(O)cc2N)C1. The van der Waals surface area contributed by atoms with Crippen LogP contribution in [-0.2, 0) is 6.42 Å². The van der Waals surface area contributed by atoms with E-state index in [1.165, 1.54) is 13.0 Å². The molecular weight excluding hydrogens is 188 g/mol. The summed E-state index contributed by atoms with van der Waals surface area (Å²) in [4.78, 5) is 2.35. The molecule has 1 saturated heterocycles. The quantitative estimate of drug-likeness (QED) is 0.720. The smallest absolute Gasteiger partial charge is 0.117 e. The Balaban J connectivity index is 2.04. The summed E-state index contributed by atoms with van der Waals surface area (Å²) in [5.74, 6) is 0.960. The van der Waals surface area contributed by atoms with E-state index in [2.05, 4.69) is 11.9 Å². The third kappa shape index (κ3) is 2.42. The molecule has 0 aromatic heterocycles. The molecule has 3 nitrogen and oxygen atoms in total. The van der Waals surface area contributed by atoms with Gasteiger partial charge in [-0.1, -0.05) is 6.07 Å². The Hall–Kier alpha value is -1.22. The fourth-order valence-corrected chi connectivity index (χ4v) is 2.27. The first kappa shape index (κ1) is 10.3. The second kappa shape index (κ2) is 4.11. The number of aromatic hydroxyl groups is 1. The number of nitrogens with zero attached hydrogens (tertiary/aromatic N) is 1. The molecule has 0 saturated carbocycles. The number of hydrogen-bond acceptors (Lipinski definition) is 3. The number of nitrogens with two attached hydrogens (primary N) is 1. The highest BCUT2D eigenvalue weighted by atomic mass is 16.3. The summed E-state index contributed by atoms with van der Waals surface area (Å²) >= 11 is 0. The number of benzene rings is 1. The summed E-state index contributed by atoms with van der Waals surface area (Å²) in [5.41, 5.74) is 7.73. The van der Waals surface area contributed by atoms with Crippen molar-refractivity contribution in [1.82, 2.24) is 4.90 Å². The maximum atomic E-state index is 9.25. The molecule has 1 unspecified atom stereocenters. The number of anilines is 1. The Labute approximate surface area is 90.5 Å². The van der Waals surface area contributed by atoms with Crippen LogP contribution in [0.15, 0.2) is 18.2 Å². The fourth-order valence-electron chi connectivity index (χ4n) is 2.27. The number of likely N-dealkylation sites (tertiary alicyclic amines) is 1. The molecule has 1 aliphatic rings. The zero-order chi connectivity index (χ0) is 10.8. The topological polar surface area (TPSA) is 49.5 Å². The lowest BCUT2D eigenvalue weighted by Gasteiger charge is -2.12. The van der Waals surface area contributed by atoms with E-state index in [1.54, 1.807) is 12.1 Å². The molecule has 0 spiro atoms. The van der Waals surface area contributed by atoms with Crippen LogP contribution in [-0.4, -0.2) is 30.1 Å². The van der Waals surface area contributed by atoms with Crippen LogP contribution in [0.25, 0.3) is 0 Å². The number of phenolic OH excluding ortho intramolecular Hbond substituents is 1. The van der Waals surface area contributed by atoms with Crippen LogP contribution in [0, 0.1) is 5.92 Å². The summed E-state index contributed by atoms with van der Waals surface area (Å²) in [6, 6.07) is 5.28. The van der Waals surface area contributed by atoms with Crippen molar-refractivity contribution in [2.75, 3.05) is 25.9 Å². The van der Waals surface area contributed by atoms with Crippen molar-refractivity contribution in [3.63, 3.8) is 0 Å². The molecule has 0 amide bonds. The Bertz CT molecular complexity index is 351. The van der Waals surface area contributed by atoms with Crippen LogP contribution in [0.2, 0.25) is 0 Å². The summed E-state index contributed by atoms with van der Waals surface area (Å²) in [5, 5.41) is 9.25. The molecule has 1 aliphatic heterocycles. The number of phenols is 1. The second-order valence-corrected chi connectivity index (χ2v) is 4.50. The van der Waals surface area contributed by atoms with Crippen molar-refractivity contribution in [3.8, 4) is 5.75 Å². The highest BCUT2D eigenvalue weighted by molar-refractivity contribution is 5.51. The predicted molar refractivity (Wildman–Crippen MR) is 61.8 cm³/mol. The van der Waals surface area contributed by atoms with Gasteiger partial charge < -0.3 is 15.7 Å². The number of rotatable bonds is 2. The average molecular weight is 206 g/mol. The van der Waals surface area contributed by atoms with Gasteiger partial charge in [-0.2, -0.15) is 0 Å². The summed E-state index contributed by atoms with van der Waals surface area (Å²) < 4.78 is 0. The number of hydrogen-bond donors (Lipinski definition) is 2. The Morgan fingerprint density at radius 2 is 2.33 bits per heavy atom. The largest absolute Gasteiger partial charge is 0.508 e. The van der Waals surface area contributed by atoms with Crippen LogP contribution in [0.5, 0.6) is 5.75 Å². The molecule has 1 heterocycles. The lowest BCUT2D eigenvalue weighted by atomic mass is 9.97. The van der Waals surface area contributed by atoms with Gasteiger partial charge in [0.2, 0.25) is 0 Å². The van der Waals surface area contributed by atoms with E-state index in [1.807, 2.05) is 6.07 Å². The van der Waals surface area contributed by atoms with E-state index in [-0.39, 0.29) is 5.75 Å². The Morgan fingerprint density at radius 1 is 1.53 bits per heavy atom. The molecule has 2 rings (SSSR count). The minimum Gasteiger partial charge on any atom is -0.508 e. The van der Waals surface area contributed by atoms with Crippen LogP contribution in [0.1, 0.15) is 12.0 Å². The first-order valence-electron chi connectivity index (χ1n) is 5.41. The molecule has 0 bridgehead atoms. The van der Waals surface area contributed by atoms with Gasteiger partial charge in [0.15, 0.2) is 0 Å². The third-order valence-electron chi connectivity index (χ3n) is 3.13. The van der Waals surface area contributed by atoms with Crippen molar-refractivity contribution >= 4 is 5.69 Å². The molecule has 82 valence electrons. The zero-order valence-electron chi connectivity index (χ0n) is 9.11. The van der Waals surface area contributed by atoms with Gasteiger partial charge in [-0.15, -0.1) is 0 Å². The molecule has 3 heteroatoms. The maximum Gasteiger partial charge on any atom is 0.117 e. The molecule has 1 aromatic rings. The van der Waals surface area contributed by atoms with Gasteiger partial charge in [0, 0.05) is 18.3 Å². The lowest BCUT2D eigenvalue weighted by Crippen LogP contribution is -2.15. The second-order valence-electron chi connectivity index (χ2n) is 4.50.